The molecule has 1 unspecified atom stereocenters. The van der Waals surface area contributed by atoms with E-state index in [0.29, 0.717) is 38.0 Å². The van der Waals surface area contributed by atoms with Crippen molar-refractivity contribution in [2.45, 2.75) is 38.3 Å². The lowest BCUT2D eigenvalue weighted by Crippen LogP contribution is -2.37. The van der Waals surface area contributed by atoms with Crippen molar-refractivity contribution in [2.24, 2.45) is 0 Å². The second kappa shape index (κ2) is 10.2. The molecule has 2 amide bonds. The van der Waals surface area contributed by atoms with Crippen LogP contribution in [0, 0.1) is 0 Å². The summed E-state index contributed by atoms with van der Waals surface area (Å²) in [4.78, 5) is 26.6. The Hall–Kier alpha value is -2.18. The number of rotatable bonds is 9. The zero-order chi connectivity index (χ0) is 18.9. The third-order valence-corrected chi connectivity index (χ3v) is 5.34. The molecule has 6 heteroatoms. The monoisotopic (exact) mass is 386 g/mol. The van der Waals surface area contributed by atoms with Crippen LogP contribution in [0.2, 0.25) is 0 Å². The molecule has 0 saturated carbocycles. The Morgan fingerprint density at radius 3 is 2.78 bits per heavy atom. The maximum atomic E-state index is 12.8. The highest BCUT2D eigenvalue weighted by Gasteiger charge is 2.22. The van der Waals surface area contributed by atoms with Crippen molar-refractivity contribution in [1.29, 1.82) is 0 Å². The van der Waals surface area contributed by atoms with Crippen LogP contribution in [0.5, 0.6) is 0 Å². The number of carbonyl (C=O) groups is 2. The summed E-state index contributed by atoms with van der Waals surface area (Å²) in [5, 5.41) is 6.58. The minimum atomic E-state index is -0.0794. The molecule has 3 rings (SSSR count). The van der Waals surface area contributed by atoms with Gasteiger partial charge in [0.2, 0.25) is 5.91 Å². The average molecular weight is 387 g/mol. The van der Waals surface area contributed by atoms with Gasteiger partial charge in [0.1, 0.15) is 0 Å². The highest BCUT2D eigenvalue weighted by Crippen LogP contribution is 2.16. The predicted octanol–water partition coefficient (Wildman–Crippen LogP) is 3.47. The second-order valence-corrected chi connectivity index (χ2v) is 7.55. The number of ether oxygens (including phenoxy) is 1. The largest absolute Gasteiger partial charge is 0.376 e. The molecule has 1 aromatic carbocycles. The van der Waals surface area contributed by atoms with Crippen molar-refractivity contribution in [3.05, 3.63) is 58.3 Å². The molecule has 2 aromatic rings. The topological polar surface area (TPSA) is 58.6 Å². The first kappa shape index (κ1) is 19.6. The van der Waals surface area contributed by atoms with Crippen molar-refractivity contribution in [2.75, 3.05) is 19.7 Å². The maximum absolute atomic E-state index is 12.8. The van der Waals surface area contributed by atoms with Crippen molar-refractivity contribution in [1.82, 2.24) is 10.2 Å². The van der Waals surface area contributed by atoms with Gasteiger partial charge in [0.05, 0.1) is 6.10 Å². The van der Waals surface area contributed by atoms with Gasteiger partial charge >= 0.3 is 0 Å². The summed E-state index contributed by atoms with van der Waals surface area (Å²) in [6.45, 7) is 2.52. The van der Waals surface area contributed by atoms with Gasteiger partial charge in [-0.25, -0.2) is 0 Å². The Bertz CT molecular complexity index is 712. The van der Waals surface area contributed by atoms with E-state index < -0.39 is 0 Å². The summed E-state index contributed by atoms with van der Waals surface area (Å²) in [5.41, 5.74) is 1.80. The Morgan fingerprint density at radius 2 is 2.07 bits per heavy atom. The van der Waals surface area contributed by atoms with E-state index in [1.165, 1.54) is 11.3 Å². The van der Waals surface area contributed by atoms with Crippen molar-refractivity contribution in [3.8, 4) is 0 Å². The van der Waals surface area contributed by atoms with Crippen molar-refractivity contribution >= 4 is 23.2 Å². The van der Waals surface area contributed by atoms with E-state index in [1.54, 1.807) is 6.07 Å². The summed E-state index contributed by atoms with van der Waals surface area (Å²) < 4.78 is 5.72. The molecule has 0 bridgehead atoms. The lowest BCUT2D eigenvalue weighted by molar-refractivity contribution is -0.133. The summed E-state index contributed by atoms with van der Waals surface area (Å²) in [7, 11) is 0. The molecule has 144 valence electrons. The van der Waals surface area contributed by atoms with Crippen LogP contribution in [0.25, 0.3) is 0 Å². The van der Waals surface area contributed by atoms with Gasteiger partial charge < -0.3 is 15.0 Å². The molecule has 0 aliphatic carbocycles. The SMILES string of the molecule is O=C(NCCCC(=O)N(Cc1ccccc1)CC1CCCO1)c1ccsc1. The van der Waals surface area contributed by atoms with Crippen molar-refractivity contribution in [3.63, 3.8) is 0 Å². The molecular formula is C21H26N2O3S. The van der Waals surface area contributed by atoms with Crippen LogP contribution in [0.1, 0.15) is 41.6 Å². The fraction of sp³-hybridized carbons (Fsp3) is 0.429. The maximum Gasteiger partial charge on any atom is 0.252 e. The van der Waals surface area contributed by atoms with Gasteiger partial charge in [0.15, 0.2) is 0 Å². The standard InChI is InChI=1S/C21H26N2O3S/c24-20(9-4-11-22-21(25)18-10-13-27-16-18)23(15-19-8-5-12-26-19)14-17-6-2-1-3-7-17/h1-3,6-7,10,13,16,19H,4-5,8-9,11-12,14-15H2,(H,22,25). The lowest BCUT2D eigenvalue weighted by atomic mass is 10.1. The molecule has 5 nitrogen and oxygen atoms in total. The number of benzene rings is 1. The molecular weight excluding hydrogens is 360 g/mol. The Balaban J connectivity index is 1.48. The zero-order valence-corrected chi connectivity index (χ0v) is 16.2. The molecule has 1 saturated heterocycles. The average Bonchev–Trinajstić information content (AvgIpc) is 3.39. The van der Waals surface area contributed by atoms with Crippen LogP contribution >= 0.6 is 11.3 Å². The van der Waals surface area contributed by atoms with E-state index in [2.05, 4.69) is 5.32 Å². The number of hydrogen-bond acceptors (Lipinski definition) is 4. The molecule has 1 aliphatic heterocycles. The highest BCUT2D eigenvalue weighted by molar-refractivity contribution is 7.08. The first-order valence-corrected chi connectivity index (χ1v) is 10.4. The molecule has 1 atom stereocenters. The van der Waals surface area contributed by atoms with E-state index >= 15 is 0 Å². The van der Waals surface area contributed by atoms with Gasteiger partial charge in [-0.05, 0) is 36.3 Å². The Kier molecular flexibility index (Phi) is 7.42. The van der Waals surface area contributed by atoms with E-state index in [1.807, 2.05) is 46.0 Å². The molecule has 27 heavy (non-hydrogen) atoms. The minimum absolute atomic E-state index is 0.0794. The Labute approximate surface area is 164 Å². The van der Waals surface area contributed by atoms with Gasteiger partial charge in [-0.15, -0.1) is 0 Å². The summed E-state index contributed by atoms with van der Waals surface area (Å²) in [6.07, 6.45) is 3.26. The third kappa shape index (κ3) is 6.19. The van der Waals surface area contributed by atoms with Gasteiger partial charge in [-0.3, -0.25) is 9.59 Å². The molecule has 0 radical (unpaired) electrons. The van der Waals surface area contributed by atoms with Gasteiger partial charge in [0, 0.05) is 43.6 Å². The van der Waals surface area contributed by atoms with Crippen LogP contribution < -0.4 is 5.32 Å². The van der Waals surface area contributed by atoms with Crippen LogP contribution in [0.3, 0.4) is 0 Å². The quantitative estimate of drug-likeness (QED) is 0.672. The molecule has 1 aromatic heterocycles. The summed E-state index contributed by atoms with van der Waals surface area (Å²) in [5.74, 6) is 0.0309. The number of amides is 2. The summed E-state index contributed by atoms with van der Waals surface area (Å²) in [6, 6.07) is 11.8. The highest BCUT2D eigenvalue weighted by atomic mass is 32.1. The summed E-state index contributed by atoms with van der Waals surface area (Å²) >= 11 is 1.50. The number of hydrogen-bond donors (Lipinski definition) is 1. The second-order valence-electron chi connectivity index (χ2n) is 6.77. The van der Waals surface area contributed by atoms with Crippen molar-refractivity contribution < 1.29 is 14.3 Å². The number of nitrogens with one attached hydrogen (secondary N) is 1. The molecule has 0 spiro atoms. The fourth-order valence-electron chi connectivity index (χ4n) is 3.19. The molecule has 1 fully saturated rings. The number of carbonyl (C=O) groups excluding carboxylic acids is 2. The van der Waals surface area contributed by atoms with E-state index in [9.17, 15) is 9.59 Å². The zero-order valence-electron chi connectivity index (χ0n) is 15.4. The predicted molar refractivity (Wildman–Crippen MR) is 107 cm³/mol. The Morgan fingerprint density at radius 1 is 1.22 bits per heavy atom. The first-order valence-electron chi connectivity index (χ1n) is 9.46. The van der Waals surface area contributed by atoms with Crippen LogP contribution in [-0.4, -0.2) is 42.5 Å². The first-order chi connectivity index (χ1) is 13.2. The minimum Gasteiger partial charge on any atom is -0.376 e. The van der Waals surface area contributed by atoms with Gasteiger partial charge in [-0.1, -0.05) is 30.3 Å². The van der Waals surface area contributed by atoms with E-state index in [0.717, 1.165) is 25.0 Å². The number of nitrogens with zero attached hydrogens (tertiary/aromatic N) is 1. The van der Waals surface area contributed by atoms with Crippen LogP contribution in [0.15, 0.2) is 47.2 Å². The van der Waals surface area contributed by atoms with Crippen LogP contribution in [-0.2, 0) is 16.1 Å². The smallest absolute Gasteiger partial charge is 0.252 e. The molecule has 1 aliphatic rings. The van der Waals surface area contributed by atoms with Gasteiger partial charge in [0.25, 0.3) is 5.91 Å². The number of thiophene rings is 1. The normalized spacial score (nSPS) is 16.2. The molecule has 2 heterocycles. The van der Waals surface area contributed by atoms with Crippen LogP contribution in [0.4, 0.5) is 0 Å². The fourth-order valence-corrected chi connectivity index (χ4v) is 3.82. The van der Waals surface area contributed by atoms with E-state index in [-0.39, 0.29) is 17.9 Å². The third-order valence-electron chi connectivity index (χ3n) is 4.65. The van der Waals surface area contributed by atoms with E-state index in [4.69, 9.17) is 4.74 Å². The lowest BCUT2D eigenvalue weighted by Gasteiger charge is -2.26. The van der Waals surface area contributed by atoms with Gasteiger partial charge in [-0.2, -0.15) is 11.3 Å². The molecule has 1 N–H and O–H groups in total.